The normalized spacial score (nSPS) is 21.6. The van der Waals surface area contributed by atoms with Gasteiger partial charge in [-0.3, -0.25) is 9.59 Å². The number of hydrogen-bond donors (Lipinski definition) is 0. The number of Topliss-reactive ketones (excluding diaryl/α,β-unsaturated/α-hetero) is 2. The van der Waals surface area contributed by atoms with E-state index in [0.717, 1.165) is 40.9 Å². The van der Waals surface area contributed by atoms with Gasteiger partial charge in [-0.25, -0.2) is 0 Å². The number of carbonyl (C=O) groups excluding carboxylic acids is 2. The summed E-state index contributed by atoms with van der Waals surface area (Å²) in [6.07, 6.45) is 4.10. The number of allylic oxidation sites excluding steroid dienone is 4. The van der Waals surface area contributed by atoms with E-state index >= 15 is 0 Å². The van der Waals surface area contributed by atoms with Gasteiger partial charge in [-0.15, -0.1) is 0 Å². The Morgan fingerprint density at radius 2 is 1.54 bits per heavy atom. The highest BCUT2D eigenvalue weighted by Crippen LogP contribution is 2.55. The van der Waals surface area contributed by atoms with Crippen molar-refractivity contribution in [1.82, 2.24) is 4.90 Å². The Kier molecular flexibility index (Phi) is 6.69. The van der Waals surface area contributed by atoms with Gasteiger partial charge in [-0.05, 0) is 48.3 Å². The Bertz CT molecular complexity index is 1100. The Labute approximate surface area is 213 Å². The third-order valence-electron chi connectivity index (χ3n) is 7.19. The molecule has 5 nitrogen and oxygen atoms in total. The topological polar surface area (TPSA) is 55.8 Å². The highest BCUT2D eigenvalue weighted by Gasteiger charge is 2.48. The second-order valence-electron chi connectivity index (χ2n) is 11.5. The van der Waals surface area contributed by atoms with Crippen LogP contribution < -0.4 is 9.47 Å². The quantitative estimate of drug-likeness (QED) is 0.413. The lowest BCUT2D eigenvalue weighted by molar-refractivity contribution is -0.119. The average molecular weight is 498 g/mol. The smallest absolute Gasteiger partial charge is 0.180 e. The third kappa shape index (κ3) is 4.67. The number of ketones is 2. The van der Waals surface area contributed by atoms with Gasteiger partial charge in [0.25, 0.3) is 0 Å². The van der Waals surface area contributed by atoms with Crippen LogP contribution in [0.15, 0.2) is 47.3 Å². The fourth-order valence-electron chi connectivity index (χ4n) is 5.80. The molecule has 1 aromatic rings. The van der Waals surface area contributed by atoms with Crippen LogP contribution in [0, 0.1) is 10.8 Å². The van der Waals surface area contributed by atoms with Crippen molar-refractivity contribution < 1.29 is 19.1 Å². The van der Waals surface area contributed by atoms with Crippen molar-refractivity contribution in [1.29, 1.82) is 0 Å². The molecule has 0 saturated carbocycles. The van der Waals surface area contributed by atoms with Gasteiger partial charge in [0.05, 0.1) is 11.6 Å². The highest BCUT2D eigenvalue weighted by molar-refractivity contribution is 6.32. The Morgan fingerprint density at radius 1 is 1.00 bits per heavy atom. The largest absolute Gasteiger partial charge is 0.490 e. The van der Waals surface area contributed by atoms with Crippen molar-refractivity contribution in [3.63, 3.8) is 0 Å². The van der Waals surface area contributed by atoms with Crippen LogP contribution in [0.25, 0.3) is 0 Å². The van der Waals surface area contributed by atoms with Crippen LogP contribution >= 0.6 is 11.6 Å². The molecular weight excluding hydrogens is 462 g/mol. The molecular formula is C29H36ClNO4. The van der Waals surface area contributed by atoms with E-state index in [9.17, 15) is 9.59 Å². The number of hydrogen-bond acceptors (Lipinski definition) is 5. The van der Waals surface area contributed by atoms with Crippen molar-refractivity contribution in [3.05, 3.63) is 57.9 Å². The van der Waals surface area contributed by atoms with Gasteiger partial charge >= 0.3 is 0 Å². The van der Waals surface area contributed by atoms with Gasteiger partial charge in [0, 0.05) is 48.3 Å². The lowest BCUT2D eigenvalue weighted by Gasteiger charge is -2.48. The number of halogens is 1. The van der Waals surface area contributed by atoms with Crippen molar-refractivity contribution in [3.8, 4) is 11.5 Å². The zero-order valence-corrected chi connectivity index (χ0v) is 22.5. The van der Waals surface area contributed by atoms with Gasteiger partial charge in [0.1, 0.15) is 6.61 Å². The first-order valence-electron chi connectivity index (χ1n) is 12.4. The summed E-state index contributed by atoms with van der Waals surface area (Å²) < 4.78 is 11.7. The first-order valence-corrected chi connectivity index (χ1v) is 12.7. The van der Waals surface area contributed by atoms with Crippen LogP contribution in [-0.2, 0) is 9.59 Å². The molecule has 4 rings (SSSR count). The molecule has 0 unspecified atom stereocenters. The number of rotatable bonds is 6. The summed E-state index contributed by atoms with van der Waals surface area (Å²) in [6.45, 7) is 14.9. The third-order valence-corrected chi connectivity index (χ3v) is 7.47. The molecule has 1 aromatic carbocycles. The van der Waals surface area contributed by atoms with E-state index in [2.05, 4.69) is 39.2 Å². The van der Waals surface area contributed by atoms with Crippen molar-refractivity contribution in [2.75, 3.05) is 20.3 Å². The molecule has 0 spiro atoms. The van der Waals surface area contributed by atoms with E-state index in [1.807, 2.05) is 26.1 Å². The molecule has 2 aliphatic carbocycles. The molecule has 0 saturated heterocycles. The molecule has 35 heavy (non-hydrogen) atoms. The van der Waals surface area contributed by atoms with E-state index in [1.54, 1.807) is 6.08 Å². The predicted molar refractivity (Wildman–Crippen MR) is 139 cm³/mol. The molecule has 1 heterocycles. The fourth-order valence-corrected chi connectivity index (χ4v) is 6.07. The summed E-state index contributed by atoms with van der Waals surface area (Å²) in [4.78, 5) is 29.5. The van der Waals surface area contributed by atoms with Gasteiger partial charge in [0.15, 0.2) is 23.1 Å². The highest BCUT2D eigenvalue weighted by atomic mass is 35.5. The molecule has 0 atom stereocenters. The van der Waals surface area contributed by atoms with Crippen LogP contribution in [0.1, 0.15) is 71.8 Å². The van der Waals surface area contributed by atoms with Crippen LogP contribution in [-0.4, -0.2) is 36.7 Å². The summed E-state index contributed by atoms with van der Waals surface area (Å²) in [5, 5.41) is 0.392. The molecule has 3 aliphatic rings. The maximum Gasteiger partial charge on any atom is 0.180 e. The van der Waals surface area contributed by atoms with Gasteiger partial charge in [-0.2, -0.15) is 0 Å². The fraction of sp³-hybridized carbons (Fsp3) is 0.517. The van der Waals surface area contributed by atoms with E-state index < -0.39 is 5.92 Å². The standard InChI is InChI=1S/C29H36ClNO4/c1-8-10-35-27-18(30)11-17(12-23(27)34-9-2)24-25-19(13-28(3,4)15-21(25)32)31(7)20-14-29(5,6)16-22(33)26(20)24/h8,11-12,24H,1,9-10,13-16H2,2-7H3. The maximum absolute atomic E-state index is 13.7. The number of ether oxygens (including phenoxy) is 2. The van der Waals surface area contributed by atoms with Crippen LogP contribution in [0.5, 0.6) is 11.5 Å². The molecule has 6 heteroatoms. The molecule has 0 bridgehead atoms. The Morgan fingerprint density at radius 3 is 2.03 bits per heavy atom. The monoisotopic (exact) mass is 497 g/mol. The van der Waals surface area contributed by atoms with Crippen LogP contribution in [0.4, 0.5) is 0 Å². The minimum absolute atomic E-state index is 0.0957. The second-order valence-corrected chi connectivity index (χ2v) is 11.9. The zero-order valence-electron chi connectivity index (χ0n) is 21.7. The molecule has 0 fully saturated rings. The summed E-state index contributed by atoms with van der Waals surface area (Å²) in [7, 11) is 2.01. The molecule has 0 amide bonds. The van der Waals surface area contributed by atoms with Crippen molar-refractivity contribution in [2.45, 2.75) is 66.2 Å². The summed E-state index contributed by atoms with van der Waals surface area (Å²) in [5.74, 6) is 0.679. The minimum atomic E-state index is -0.464. The number of nitrogens with zero attached hydrogens (tertiary/aromatic N) is 1. The average Bonchev–Trinajstić information content (AvgIpc) is 2.73. The van der Waals surface area contributed by atoms with Crippen molar-refractivity contribution >= 4 is 23.2 Å². The lowest BCUT2D eigenvalue weighted by Crippen LogP contribution is -2.43. The molecule has 0 N–H and O–H groups in total. The molecule has 188 valence electrons. The first kappa shape index (κ1) is 25.6. The summed E-state index contributed by atoms with van der Waals surface area (Å²) >= 11 is 6.72. The SMILES string of the molecule is C=CCOc1c(Cl)cc(C2C3=C(CC(C)(C)CC3=O)N(C)C3=C2C(=O)CC(C)(C)C3)cc1OCC. The summed E-state index contributed by atoms with van der Waals surface area (Å²) in [6, 6.07) is 3.72. The maximum atomic E-state index is 13.7. The minimum Gasteiger partial charge on any atom is -0.490 e. The molecule has 1 aliphatic heterocycles. The number of benzene rings is 1. The van der Waals surface area contributed by atoms with Gasteiger partial charge in [-0.1, -0.05) is 52.0 Å². The predicted octanol–water partition coefficient (Wildman–Crippen LogP) is 6.62. The number of carbonyl (C=O) groups is 2. The van der Waals surface area contributed by atoms with Crippen LogP contribution in [0.2, 0.25) is 5.02 Å². The van der Waals surface area contributed by atoms with E-state index in [0.29, 0.717) is 42.6 Å². The van der Waals surface area contributed by atoms with E-state index in [1.165, 1.54) is 0 Å². The Balaban J connectivity index is 1.96. The van der Waals surface area contributed by atoms with E-state index in [4.69, 9.17) is 21.1 Å². The van der Waals surface area contributed by atoms with Crippen molar-refractivity contribution in [2.24, 2.45) is 10.8 Å². The second kappa shape index (κ2) is 9.16. The zero-order chi connectivity index (χ0) is 25.7. The van der Waals surface area contributed by atoms with Crippen LogP contribution in [0.3, 0.4) is 0 Å². The Hall–Kier alpha value is -2.53. The van der Waals surface area contributed by atoms with E-state index in [-0.39, 0.29) is 22.4 Å². The first-order chi connectivity index (χ1) is 16.4. The molecule has 0 aromatic heterocycles. The van der Waals surface area contributed by atoms with Gasteiger partial charge < -0.3 is 14.4 Å². The van der Waals surface area contributed by atoms with Gasteiger partial charge in [0.2, 0.25) is 0 Å². The lowest BCUT2D eigenvalue weighted by atomic mass is 9.63. The molecule has 0 radical (unpaired) electrons. The summed E-state index contributed by atoms with van der Waals surface area (Å²) in [5.41, 5.74) is 3.98.